The van der Waals surface area contributed by atoms with Crippen molar-refractivity contribution in [3.05, 3.63) is 12.2 Å². The van der Waals surface area contributed by atoms with Crippen LogP contribution >= 0.6 is 0 Å². The van der Waals surface area contributed by atoms with Crippen molar-refractivity contribution in [1.82, 2.24) is 0 Å². The Morgan fingerprint density at radius 3 is 1.12 bits per heavy atom. The first-order valence-electron chi connectivity index (χ1n) is 21.7. The van der Waals surface area contributed by atoms with Gasteiger partial charge in [0.1, 0.15) is 6.10 Å². The second-order valence-corrected chi connectivity index (χ2v) is 14.9. The van der Waals surface area contributed by atoms with Crippen LogP contribution in [-0.2, 0) is 14.3 Å². The lowest BCUT2D eigenvalue weighted by atomic mass is 10.0. The van der Waals surface area contributed by atoms with Gasteiger partial charge >= 0.3 is 11.9 Å². The van der Waals surface area contributed by atoms with Gasteiger partial charge in [-0.2, -0.15) is 0 Å². The van der Waals surface area contributed by atoms with Crippen LogP contribution in [-0.4, -0.2) is 23.1 Å². The molecule has 0 aliphatic carbocycles. The SMILES string of the molecule is CCCCCCCC/C=C\CCCCCCCCCC(=O)OC(CCCCCCCCCCCCCCCC)CCCCCCC(=O)O. The average molecular weight is 677 g/mol. The zero-order valence-corrected chi connectivity index (χ0v) is 32.6. The van der Waals surface area contributed by atoms with E-state index >= 15 is 0 Å². The Bertz CT molecular complexity index is 687. The molecule has 284 valence electrons. The minimum Gasteiger partial charge on any atom is -0.481 e. The molecule has 0 fully saturated rings. The van der Waals surface area contributed by atoms with Crippen molar-refractivity contribution in [1.29, 1.82) is 0 Å². The lowest BCUT2D eigenvalue weighted by Gasteiger charge is -2.18. The van der Waals surface area contributed by atoms with Crippen LogP contribution in [0.3, 0.4) is 0 Å². The molecule has 4 heteroatoms. The number of rotatable bonds is 40. The molecule has 0 rings (SSSR count). The summed E-state index contributed by atoms with van der Waals surface area (Å²) in [4.78, 5) is 23.5. The highest BCUT2D eigenvalue weighted by Gasteiger charge is 2.14. The molecule has 0 amide bonds. The Morgan fingerprint density at radius 2 is 0.750 bits per heavy atom. The summed E-state index contributed by atoms with van der Waals surface area (Å²) in [5.74, 6) is -0.717. The van der Waals surface area contributed by atoms with Crippen LogP contribution in [0.4, 0.5) is 0 Å². The molecular formula is C44H84O4. The number of ether oxygens (including phenoxy) is 1. The highest BCUT2D eigenvalue weighted by atomic mass is 16.5. The molecule has 0 spiro atoms. The van der Waals surface area contributed by atoms with Crippen LogP contribution < -0.4 is 0 Å². The topological polar surface area (TPSA) is 63.6 Å². The Hall–Kier alpha value is -1.32. The first-order chi connectivity index (χ1) is 23.6. The molecular weight excluding hydrogens is 592 g/mol. The maximum absolute atomic E-state index is 12.7. The largest absolute Gasteiger partial charge is 0.481 e. The molecule has 0 heterocycles. The summed E-state index contributed by atoms with van der Waals surface area (Å²) >= 11 is 0. The van der Waals surface area contributed by atoms with Crippen molar-refractivity contribution in [3.8, 4) is 0 Å². The Morgan fingerprint density at radius 1 is 0.438 bits per heavy atom. The third-order valence-corrected chi connectivity index (χ3v) is 9.99. The van der Waals surface area contributed by atoms with E-state index in [0.29, 0.717) is 6.42 Å². The van der Waals surface area contributed by atoms with E-state index in [9.17, 15) is 9.59 Å². The van der Waals surface area contributed by atoms with Crippen LogP contribution in [0, 0.1) is 0 Å². The van der Waals surface area contributed by atoms with Crippen LogP contribution in [0.1, 0.15) is 251 Å². The molecule has 0 saturated heterocycles. The summed E-state index contributed by atoms with van der Waals surface area (Å²) in [5.41, 5.74) is 0. The van der Waals surface area contributed by atoms with Crippen molar-refractivity contribution in [2.45, 2.75) is 258 Å². The third-order valence-electron chi connectivity index (χ3n) is 9.99. The minimum atomic E-state index is -0.707. The van der Waals surface area contributed by atoms with Crippen molar-refractivity contribution >= 4 is 11.9 Å². The van der Waals surface area contributed by atoms with Crippen LogP contribution in [0.15, 0.2) is 12.2 Å². The number of unbranched alkanes of at least 4 members (excludes halogenated alkanes) is 29. The standard InChI is InChI=1S/C44H84O4/c1-3-5-7-9-11-13-15-17-19-20-21-23-25-27-29-31-37-41-44(47)48-42(39-35-32-33-36-40-43(45)46)38-34-30-28-26-24-22-18-16-14-12-10-8-6-4-2/h17,19,42H,3-16,18,20-41H2,1-2H3,(H,45,46)/b19-17-. The van der Waals surface area contributed by atoms with Crippen molar-refractivity contribution in [2.24, 2.45) is 0 Å². The number of hydrogen-bond donors (Lipinski definition) is 1. The smallest absolute Gasteiger partial charge is 0.306 e. The first-order valence-corrected chi connectivity index (χ1v) is 21.7. The predicted molar refractivity (Wildman–Crippen MR) is 209 cm³/mol. The fourth-order valence-electron chi connectivity index (χ4n) is 6.77. The van der Waals surface area contributed by atoms with Crippen molar-refractivity contribution in [2.75, 3.05) is 0 Å². The average Bonchev–Trinajstić information content (AvgIpc) is 3.07. The van der Waals surface area contributed by atoms with Gasteiger partial charge in [0.15, 0.2) is 0 Å². The summed E-state index contributed by atoms with van der Waals surface area (Å²) < 4.78 is 6.00. The highest BCUT2D eigenvalue weighted by molar-refractivity contribution is 5.69. The van der Waals surface area contributed by atoms with Crippen molar-refractivity contribution in [3.63, 3.8) is 0 Å². The molecule has 0 aliphatic rings. The van der Waals surface area contributed by atoms with E-state index in [1.807, 2.05) is 0 Å². The van der Waals surface area contributed by atoms with Gasteiger partial charge in [0.25, 0.3) is 0 Å². The summed E-state index contributed by atoms with van der Waals surface area (Å²) in [6.07, 6.45) is 49.5. The van der Waals surface area contributed by atoms with E-state index in [0.717, 1.165) is 57.8 Å². The normalized spacial score (nSPS) is 12.2. The molecule has 0 saturated carbocycles. The number of allylic oxidation sites excluding steroid dienone is 2. The molecule has 0 aromatic rings. The second-order valence-electron chi connectivity index (χ2n) is 14.9. The summed E-state index contributed by atoms with van der Waals surface area (Å²) in [7, 11) is 0. The van der Waals surface area contributed by atoms with Crippen LogP contribution in [0.2, 0.25) is 0 Å². The number of carbonyl (C=O) groups excluding carboxylic acids is 1. The molecule has 0 aromatic heterocycles. The lowest BCUT2D eigenvalue weighted by molar-refractivity contribution is -0.150. The zero-order chi connectivity index (χ0) is 35.0. The van der Waals surface area contributed by atoms with E-state index < -0.39 is 5.97 Å². The predicted octanol–water partition coefficient (Wildman–Crippen LogP) is 15.0. The molecule has 0 aliphatic heterocycles. The summed E-state index contributed by atoms with van der Waals surface area (Å²) in [5, 5.41) is 8.87. The fraction of sp³-hybridized carbons (Fsp3) is 0.909. The molecule has 4 nitrogen and oxygen atoms in total. The minimum absolute atomic E-state index is 0.0102. The van der Waals surface area contributed by atoms with E-state index in [1.54, 1.807) is 0 Å². The van der Waals surface area contributed by atoms with Gasteiger partial charge in [-0.15, -0.1) is 0 Å². The van der Waals surface area contributed by atoms with E-state index in [1.165, 1.54) is 167 Å². The van der Waals surface area contributed by atoms with Crippen LogP contribution in [0.25, 0.3) is 0 Å². The van der Waals surface area contributed by atoms with E-state index in [2.05, 4.69) is 26.0 Å². The number of aliphatic carboxylic acids is 1. The van der Waals surface area contributed by atoms with Gasteiger partial charge in [-0.25, -0.2) is 0 Å². The molecule has 48 heavy (non-hydrogen) atoms. The van der Waals surface area contributed by atoms with Gasteiger partial charge in [0.2, 0.25) is 0 Å². The monoisotopic (exact) mass is 677 g/mol. The van der Waals surface area contributed by atoms with Gasteiger partial charge in [-0.05, 0) is 64.2 Å². The molecule has 1 atom stereocenters. The van der Waals surface area contributed by atoms with Gasteiger partial charge in [-0.1, -0.05) is 187 Å². The van der Waals surface area contributed by atoms with E-state index in [-0.39, 0.29) is 18.5 Å². The number of carboxylic acid groups (broad SMARTS) is 1. The second kappa shape index (κ2) is 40.1. The first kappa shape index (κ1) is 46.7. The zero-order valence-electron chi connectivity index (χ0n) is 32.6. The molecule has 1 unspecified atom stereocenters. The number of carboxylic acids is 1. The van der Waals surface area contributed by atoms with Gasteiger partial charge < -0.3 is 9.84 Å². The van der Waals surface area contributed by atoms with Gasteiger partial charge in [-0.3, -0.25) is 9.59 Å². The van der Waals surface area contributed by atoms with Gasteiger partial charge in [0, 0.05) is 12.8 Å². The molecule has 0 radical (unpaired) electrons. The summed E-state index contributed by atoms with van der Waals surface area (Å²) in [6, 6.07) is 0. The highest BCUT2D eigenvalue weighted by Crippen LogP contribution is 2.19. The molecule has 0 bridgehead atoms. The number of esters is 1. The van der Waals surface area contributed by atoms with Crippen molar-refractivity contribution < 1.29 is 19.4 Å². The third kappa shape index (κ3) is 39.1. The van der Waals surface area contributed by atoms with Crippen LogP contribution in [0.5, 0.6) is 0 Å². The molecule has 0 aromatic carbocycles. The summed E-state index contributed by atoms with van der Waals surface area (Å²) in [6.45, 7) is 4.56. The quantitative estimate of drug-likeness (QED) is 0.0398. The Kier molecular flexibility index (Phi) is 39.0. The van der Waals surface area contributed by atoms with Gasteiger partial charge in [0.05, 0.1) is 0 Å². The number of carbonyl (C=O) groups is 2. The Labute approximate surface area is 300 Å². The van der Waals surface area contributed by atoms with E-state index in [4.69, 9.17) is 9.84 Å². The number of hydrogen-bond acceptors (Lipinski definition) is 3. The maximum Gasteiger partial charge on any atom is 0.306 e. The maximum atomic E-state index is 12.7. The Balaban J connectivity index is 3.94. The molecule has 1 N–H and O–H groups in total. The fourth-order valence-corrected chi connectivity index (χ4v) is 6.77. The lowest BCUT2D eigenvalue weighted by Crippen LogP contribution is -2.18.